The van der Waals surface area contributed by atoms with Gasteiger partial charge in [0.25, 0.3) is 0 Å². The summed E-state index contributed by atoms with van der Waals surface area (Å²) in [5, 5.41) is 7.38. The lowest BCUT2D eigenvalue weighted by Gasteiger charge is -2.32. The molecule has 4 heteroatoms. The van der Waals surface area contributed by atoms with Crippen molar-refractivity contribution in [3.05, 3.63) is 0 Å². The van der Waals surface area contributed by atoms with Gasteiger partial charge < -0.3 is 10.5 Å². The molecule has 0 spiro atoms. The molecule has 3 N–H and O–H groups in total. The lowest BCUT2D eigenvalue weighted by molar-refractivity contribution is 0.0281. The number of hydrogen-bond donors (Lipinski definition) is 2. The average Bonchev–Trinajstić information content (AvgIpc) is 2.07. The first-order chi connectivity index (χ1) is 5.75. The molecular formula is C8H17N3O. The molecule has 1 aliphatic rings. The van der Waals surface area contributed by atoms with Crippen molar-refractivity contribution in [1.29, 1.82) is 5.41 Å². The van der Waals surface area contributed by atoms with Crippen LogP contribution in [0, 0.1) is 5.41 Å². The molecule has 1 aliphatic heterocycles. The van der Waals surface area contributed by atoms with Gasteiger partial charge in [-0.1, -0.05) is 6.92 Å². The maximum atomic E-state index is 7.38. The van der Waals surface area contributed by atoms with Crippen LogP contribution in [0.1, 0.15) is 13.3 Å². The van der Waals surface area contributed by atoms with E-state index >= 15 is 0 Å². The Morgan fingerprint density at radius 2 is 2.17 bits per heavy atom. The van der Waals surface area contributed by atoms with Gasteiger partial charge >= 0.3 is 0 Å². The zero-order valence-electron chi connectivity index (χ0n) is 7.55. The highest BCUT2D eigenvalue weighted by Crippen LogP contribution is 2.06. The van der Waals surface area contributed by atoms with E-state index in [9.17, 15) is 0 Å². The summed E-state index contributed by atoms with van der Waals surface area (Å²) in [6.07, 6.45) is 0.912. The SMILES string of the molecule is CCC(C(=N)N)N1CCOCC1. The number of nitrogens with zero attached hydrogens (tertiary/aromatic N) is 1. The summed E-state index contributed by atoms with van der Waals surface area (Å²) >= 11 is 0. The van der Waals surface area contributed by atoms with E-state index in [1.165, 1.54) is 0 Å². The maximum Gasteiger partial charge on any atom is 0.108 e. The molecule has 1 fully saturated rings. The smallest absolute Gasteiger partial charge is 0.108 e. The number of ether oxygens (including phenoxy) is 1. The Hall–Kier alpha value is -0.610. The van der Waals surface area contributed by atoms with E-state index in [1.54, 1.807) is 0 Å². The molecule has 0 aliphatic carbocycles. The lowest BCUT2D eigenvalue weighted by Crippen LogP contribution is -2.49. The molecule has 0 aromatic heterocycles. The number of amidine groups is 1. The Bertz CT molecular complexity index is 154. The molecular weight excluding hydrogens is 154 g/mol. The third-order valence-electron chi connectivity index (χ3n) is 2.23. The summed E-state index contributed by atoms with van der Waals surface area (Å²) in [7, 11) is 0. The van der Waals surface area contributed by atoms with Crippen LogP contribution in [0.5, 0.6) is 0 Å². The van der Waals surface area contributed by atoms with Crippen LogP contribution in [0.15, 0.2) is 0 Å². The van der Waals surface area contributed by atoms with Crippen molar-refractivity contribution in [3.63, 3.8) is 0 Å². The first-order valence-corrected chi connectivity index (χ1v) is 4.41. The van der Waals surface area contributed by atoms with E-state index in [1.807, 2.05) is 0 Å². The van der Waals surface area contributed by atoms with Crippen LogP contribution in [0.25, 0.3) is 0 Å². The van der Waals surface area contributed by atoms with Gasteiger partial charge in [0, 0.05) is 13.1 Å². The van der Waals surface area contributed by atoms with E-state index in [-0.39, 0.29) is 11.9 Å². The van der Waals surface area contributed by atoms with Gasteiger partial charge in [-0.05, 0) is 6.42 Å². The van der Waals surface area contributed by atoms with Crippen molar-refractivity contribution < 1.29 is 4.74 Å². The first kappa shape index (κ1) is 9.48. The monoisotopic (exact) mass is 171 g/mol. The second kappa shape index (κ2) is 4.42. The molecule has 0 saturated carbocycles. The second-order valence-corrected chi connectivity index (χ2v) is 3.03. The lowest BCUT2D eigenvalue weighted by atomic mass is 10.1. The Morgan fingerprint density at radius 3 is 2.58 bits per heavy atom. The Labute approximate surface area is 73.2 Å². The number of nitrogens with two attached hydrogens (primary N) is 1. The van der Waals surface area contributed by atoms with Crippen molar-refractivity contribution in [2.75, 3.05) is 26.3 Å². The fourth-order valence-electron chi connectivity index (χ4n) is 1.56. The molecule has 0 aromatic rings. The minimum Gasteiger partial charge on any atom is -0.386 e. The van der Waals surface area contributed by atoms with Crippen LogP contribution in [-0.4, -0.2) is 43.1 Å². The topological polar surface area (TPSA) is 62.3 Å². The number of hydrogen-bond acceptors (Lipinski definition) is 3. The van der Waals surface area contributed by atoms with E-state index in [0.29, 0.717) is 0 Å². The minimum atomic E-state index is 0.119. The first-order valence-electron chi connectivity index (χ1n) is 4.41. The van der Waals surface area contributed by atoms with Gasteiger partial charge in [-0.3, -0.25) is 10.3 Å². The van der Waals surface area contributed by atoms with E-state index < -0.39 is 0 Å². The zero-order valence-corrected chi connectivity index (χ0v) is 7.55. The summed E-state index contributed by atoms with van der Waals surface area (Å²) < 4.78 is 5.22. The third-order valence-corrected chi connectivity index (χ3v) is 2.23. The van der Waals surface area contributed by atoms with Gasteiger partial charge in [-0.25, -0.2) is 0 Å². The van der Waals surface area contributed by atoms with Gasteiger partial charge in [-0.2, -0.15) is 0 Å². The normalized spacial score (nSPS) is 22.1. The number of nitrogens with one attached hydrogen (secondary N) is 1. The number of rotatable bonds is 3. The standard InChI is InChI=1S/C8H17N3O/c1-2-7(8(9)10)11-3-5-12-6-4-11/h7H,2-6H2,1H3,(H3,9,10). The number of morpholine rings is 1. The average molecular weight is 171 g/mol. The van der Waals surface area contributed by atoms with E-state index in [2.05, 4.69) is 11.8 Å². The molecule has 0 amide bonds. The van der Waals surface area contributed by atoms with Gasteiger partial charge in [0.05, 0.1) is 19.3 Å². The van der Waals surface area contributed by atoms with Crippen molar-refractivity contribution in [3.8, 4) is 0 Å². The molecule has 0 radical (unpaired) electrons. The van der Waals surface area contributed by atoms with E-state index in [0.717, 1.165) is 32.7 Å². The molecule has 1 rings (SSSR count). The van der Waals surface area contributed by atoms with E-state index in [4.69, 9.17) is 15.9 Å². The molecule has 0 aromatic carbocycles. The van der Waals surface area contributed by atoms with Crippen LogP contribution in [0.3, 0.4) is 0 Å². The Morgan fingerprint density at radius 1 is 1.58 bits per heavy atom. The van der Waals surface area contributed by atoms with Crippen LogP contribution in [0.2, 0.25) is 0 Å². The third kappa shape index (κ3) is 2.19. The quantitative estimate of drug-likeness (QED) is 0.465. The van der Waals surface area contributed by atoms with Crippen LogP contribution in [-0.2, 0) is 4.74 Å². The molecule has 1 saturated heterocycles. The fraction of sp³-hybridized carbons (Fsp3) is 0.875. The summed E-state index contributed by atoms with van der Waals surface area (Å²) in [5.41, 5.74) is 5.48. The van der Waals surface area contributed by atoms with Gasteiger partial charge in [0.2, 0.25) is 0 Å². The van der Waals surface area contributed by atoms with Gasteiger partial charge in [0.15, 0.2) is 0 Å². The van der Waals surface area contributed by atoms with Crippen molar-refractivity contribution >= 4 is 5.84 Å². The molecule has 1 heterocycles. The molecule has 70 valence electrons. The minimum absolute atomic E-state index is 0.119. The summed E-state index contributed by atoms with van der Waals surface area (Å²) in [4.78, 5) is 2.21. The largest absolute Gasteiger partial charge is 0.386 e. The van der Waals surface area contributed by atoms with Crippen LogP contribution < -0.4 is 5.73 Å². The molecule has 12 heavy (non-hydrogen) atoms. The molecule has 4 nitrogen and oxygen atoms in total. The van der Waals surface area contributed by atoms with Crippen LogP contribution in [0.4, 0.5) is 0 Å². The predicted molar refractivity (Wildman–Crippen MR) is 48.4 cm³/mol. The molecule has 1 unspecified atom stereocenters. The van der Waals surface area contributed by atoms with Gasteiger partial charge in [-0.15, -0.1) is 0 Å². The summed E-state index contributed by atoms with van der Waals surface area (Å²) in [6, 6.07) is 0.119. The predicted octanol–water partition coefficient (Wildman–Crippen LogP) is 0.0332. The molecule has 0 bridgehead atoms. The Balaban J connectivity index is 2.46. The highest BCUT2D eigenvalue weighted by Gasteiger charge is 2.21. The van der Waals surface area contributed by atoms with Crippen LogP contribution >= 0.6 is 0 Å². The molecule has 1 atom stereocenters. The van der Waals surface area contributed by atoms with Crippen molar-refractivity contribution in [2.45, 2.75) is 19.4 Å². The highest BCUT2D eigenvalue weighted by molar-refractivity contribution is 5.82. The van der Waals surface area contributed by atoms with Crippen molar-refractivity contribution in [1.82, 2.24) is 4.90 Å². The fourth-order valence-corrected chi connectivity index (χ4v) is 1.56. The second-order valence-electron chi connectivity index (χ2n) is 3.03. The summed E-state index contributed by atoms with van der Waals surface area (Å²) in [6.45, 7) is 5.39. The van der Waals surface area contributed by atoms with Crippen molar-refractivity contribution in [2.24, 2.45) is 5.73 Å². The summed E-state index contributed by atoms with van der Waals surface area (Å²) in [5.74, 6) is 0.277. The zero-order chi connectivity index (χ0) is 8.97. The highest BCUT2D eigenvalue weighted by atomic mass is 16.5. The Kier molecular flexibility index (Phi) is 3.49. The van der Waals surface area contributed by atoms with Gasteiger partial charge in [0.1, 0.15) is 5.84 Å². The maximum absolute atomic E-state index is 7.38.